The number of aromatic nitrogens is 3. The highest BCUT2D eigenvalue weighted by atomic mass is 16.5. The molecule has 0 fully saturated rings. The van der Waals surface area contributed by atoms with Crippen molar-refractivity contribution in [2.24, 2.45) is 0 Å². The summed E-state index contributed by atoms with van der Waals surface area (Å²) >= 11 is 0. The van der Waals surface area contributed by atoms with Gasteiger partial charge in [-0.2, -0.15) is 10.1 Å². The number of anilines is 1. The first-order chi connectivity index (χ1) is 13.1. The Labute approximate surface area is 156 Å². The van der Waals surface area contributed by atoms with Gasteiger partial charge in [0.25, 0.3) is 0 Å². The molecule has 3 rings (SSSR count). The Morgan fingerprint density at radius 2 is 1.81 bits per heavy atom. The van der Waals surface area contributed by atoms with E-state index in [0.717, 1.165) is 16.7 Å². The number of nitrogens with one attached hydrogen (secondary N) is 1. The van der Waals surface area contributed by atoms with Crippen molar-refractivity contribution >= 4 is 11.6 Å². The number of methoxy groups -OCH3 is 1. The number of nitrogens with zero attached hydrogens (tertiary/aromatic N) is 3. The number of hydrogen-bond donors (Lipinski definition) is 1. The van der Waals surface area contributed by atoms with Crippen LogP contribution in [0.4, 0.5) is 5.69 Å². The molecule has 0 radical (unpaired) electrons. The minimum atomic E-state index is -0.584. The van der Waals surface area contributed by atoms with Crippen LogP contribution in [0.2, 0.25) is 0 Å². The Bertz CT molecular complexity index is 979. The van der Waals surface area contributed by atoms with E-state index in [1.54, 1.807) is 31.4 Å². The molecule has 0 unspecified atom stereocenters. The predicted molar refractivity (Wildman–Crippen MR) is 103 cm³/mol. The fraction of sp³-hybridized carbons (Fsp3) is 0.200. The molecule has 2 aromatic carbocycles. The molecule has 0 saturated heterocycles. The Kier molecular flexibility index (Phi) is 5.61. The third kappa shape index (κ3) is 4.58. The predicted octanol–water partition coefficient (Wildman–Crippen LogP) is 2.52. The van der Waals surface area contributed by atoms with Gasteiger partial charge in [-0.15, -0.1) is 0 Å². The Balaban J connectivity index is 1.69. The van der Waals surface area contributed by atoms with Crippen LogP contribution in [0, 0.1) is 0 Å². The van der Waals surface area contributed by atoms with Gasteiger partial charge in [-0.05, 0) is 48.4 Å². The SMILES string of the molecule is CCc1ccc(NC(=O)Cn2ncc(-c3ccc(OC)cc3)nc2=O)cc1. The van der Waals surface area contributed by atoms with Crippen LogP contribution in [0.15, 0.2) is 59.5 Å². The highest BCUT2D eigenvalue weighted by molar-refractivity contribution is 5.90. The molecule has 7 nitrogen and oxygen atoms in total. The van der Waals surface area contributed by atoms with Crippen LogP contribution in [-0.2, 0) is 17.8 Å². The summed E-state index contributed by atoms with van der Waals surface area (Å²) in [5.41, 5.74) is 2.46. The molecule has 0 saturated carbocycles. The van der Waals surface area contributed by atoms with Gasteiger partial charge >= 0.3 is 5.69 Å². The van der Waals surface area contributed by atoms with Crippen LogP contribution in [0.5, 0.6) is 5.75 Å². The van der Waals surface area contributed by atoms with Crippen molar-refractivity contribution in [3.05, 3.63) is 70.8 Å². The van der Waals surface area contributed by atoms with Crippen molar-refractivity contribution in [2.45, 2.75) is 19.9 Å². The van der Waals surface area contributed by atoms with Gasteiger partial charge in [0.2, 0.25) is 5.91 Å². The zero-order valence-corrected chi connectivity index (χ0v) is 15.2. The molecule has 27 heavy (non-hydrogen) atoms. The maximum absolute atomic E-state index is 12.2. The third-order valence-electron chi connectivity index (χ3n) is 4.08. The van der Waals surface area contributed by atoms with Crippen molar-refractivity contribution in [3.63, 3.8) is 0 Å². The van der Waals surface area contributed by atoms with E-state index in [1.165, 1.54) is 11.8 Å². The summed E-state index contributed by atoms with van der Waals surface area (Å²) in [6, 6.07) is 14.7. The number of hydrogen-bond acceptors (Lipinski definition) is 5. The molecule has 0 bridgehead atoms. The van der Waals surface area contributed by atoms with Gasteiger partial charge in [-0.3, -0.25) is 4.79 Å². The quantitative estimate of drug-likeness (QED) is 0.726. The number of rotatable bonds is 6. The zero-order chi connectivity index (χ0) is 19.2. The van der Waals surface area contributed by atoms with Crippen molar-refractivity contribution in [1.29, 1.82) is 0 Å². The van der Waals surface area contributed by atoms with Crippen LogP contribution in [0.1, 0.15) is 12.5 Å². The lowest BCUT2D eigenvalue weighted by Crippen LogP contribution is -2.31. The molecular weight excluding hydrogens is 344 g/mol. The number of benzene rings is 2. The second-order valence-corrected chi connectivity index (χ2v) is 5.91. The minimum Gasteiger partial charge on any atom is -0.497 e. The number of amides is 1. The molecule has 0 atom stereocenters. The molecule has 1 aromatic heterocycles. The maximum atomic E-state index is 12.2. The fourth-order valence-electron chi connectivity index (χ4n) is 2.53. The van der Waals surface area contributed by atoms with Crippen LogP contribution in [-0.4, -0.2) is 27.8 Å². The topological polar surface area (TPSA) is 86.1 Å². The van der Waals surface area contributed by atoms with Gasteiger partial charge in [-0.1, -0.05) is 19.1 Å². The lowest BCUT2D eigenvalue weighted by atomic mass is 10.1. The maximum Gasteiger partial charge on any atom is 0.365 e. The molecule has 0 aliphatic heterocycles. The van der Waals surface area contributed by atoms with E-state index in [4.69, 9.17) is 4.74 Å². The molecule has 1 heterocycles. The summed E-state index contributed by atoms with van der Waals surface area (Å²) in [5, 5.41) is 6.80. The van der Waals surface area contributed by atoms with E-state index in [-0.39, 0.29) is 12.5 Å². The van der Waals surface area contributed by atoms with Gasteiger partial charge in [0, 0.05) is 11.3 Å². The summed E-state index contributed by atoms with van der Waals surface area (Å²) in [4.78, 5) is 28.4. The first-order valence-electron chi connectivity index (χ1n) is 8.56. The van der Waals surface area contributed by atoms with Gasteiger partial charge in [0.15, 0.2) is 0 Å². The number of aryl methyl sites for hydroxylation is 1. The molecule has 0 spiro atoms. The Morgan fingerprint density at radius 3 is 2.41 bits per heavy atom. The zero-order valence-electron chi connectivity index (χ0n) is 15.2. The average Bonchev–Trinajstić information content (AvgIpc) is 2.70. The number of carbonyl (C=O) groups excluding carboxylic acids is 1. The van der Waals surface area contributed by atoms with E-state index in [0.29, 0.717) is 17.1 Å². The smallest absolute Gasteiger partial charge is 0.365 e. The highest BCUT2D eigenvalue weighted by Gasteiger charge is 2.09. The normalized spacial score (nSPS) is 10.4. The Morgan fingerprint density at radius 1 is 1.11 bits per heavy atom. The van der Waals surface area contributed by atoms with E-state index < -0.39 is 5.69 Å². The first-order valence-corrected chi connectivity index (χ1v) is 8.56. The average molecular weight is 364 g/mol. The van der Waals surface area contributed by atoms with Gasteiger partial charge in [-0.25, -0.2) is 9.48 Å². The lowest BCUT2D eigenvalue weighted by molar-refractivity contribution is -0.117. The highest BCUT2D eigenvalue weighted by Crippen LogP contribution is 2.18. The van der Waals surface area contributed by atoms with Crippen molar-refractivity contribution in [1.82, 2.24) is 14.8 Å². The molecule has 1 amide bonds. The lowest BCUT2D eigenvalue weighted by Gasteiger charge is -2.08. The van der Waals surface area contributed by atoms with E-state index in [1.807, 2.05) is 24.3 Å². The van der Waals surface area contributed by atoms with E-state index in [9.17, 15) is 9.59 Å². The number of carbonyl (C=O) groups is 1. The van der Waals surface area contributed by atoms with Gasteiger partial charge < -0.3 is 10.1 Å². The largest absolute Gasteiger partial charge is 0.497 e. The van der Waals surface area contributed by atoms with E-state index >= 15 is 0 Å². The molecule has 0 aliphatic carbocycles. The van der Waals surface area contributed by atoms with Gasteiger partial charge in [0.05, 0.1) is 19.0 Å². The third-order valence-corrected chi connectivity index (χ3v) is 4.08. The molecule has 138 valence electrons. The van der Waals surface area contributed by atoms with Crippen molar-refractivity contribution < 1.29 is 9.53 Å². The van der Waals surface area contributed by atoms with E-state index in [2.05, 4.69) is 22.3 Å². The summed E-state index contributed by atoms with van der Waals surface area (Å²) in [5.74, 6) is 0.372. The molecule has 7 heteroatoms. The first kappa shape index (κ1) is 18.3. The monoisotopic (exact) mass is 364 g/mol. The molecule has 0 aliphatic rings. The second kappa shape index (κ2) is 8.27. The molecule has 1 N–H and O–H groups in total. The van der Waals surface area contributed by atoms with Crippen LogP contribution >= 0.6 is 0 Å². The molecule has 3 aromatic rings. The number of ether oxygens (including phenoxy) is 1. The summed E-state index contributed by atoms with van der Waals surface area (Å²) in [7, 11) is 1.58. The minimum absolute atomic E-state index is 0.204. The van der Waals surface area contributed by atoms with Crippen LogP contribution in [0.25, 0.3) is 11.3 Å². The van der Waals surface area contributed by atoms with Crippen molar-refractivity contribution in [2.75, 3.05) is 12.4 Å². The second-order valence-electron chi connectivity index (χ2n) is 5.91. The van der Waals surface area contributed by atoms with Crippen molar-refractivity contribution in [3.8, 4) is 17.0 Å². The van der Waals surface area contributed by atoms with Crippen LogP contribution in [0.3, 0.4) is 0 Å². The Hall–Kier alpha value is -3.48. The van der Waals surface area contributed by atoms with Crippen LogP contribution < -0.4 is 15.7 Å². The van der Waals surface area contributed by atoms with Gasteiger partial charge in [0.1, 0.15) is 12.3 Å². The standard InChI is InChI=1S/C20H20N4O3/c1-3-14-4-8-16(9-5-14)22-19(25)13-24-20(26)23-18(12-21-24)15-6-10-17(27-2)11-7-15/h4-12H,3,13H2,1-2H3,(H,22,25). The summed E-state index contributed by atoms with van der Waals surface area (Å²) < 4.78 is 6.14. The fourth-order valence-corrected chi connectivity index (χ4v) is 2.53. The summed E-state index contributed by atoms with van der Waals surface area (Å²) in [6.45, 7) is 1.86. The summed E-state index contributed by atoms with van der Waals surface area (Å²) in [6.07, 6.45) is 2.40. The molecular formula is C20H20N4O3.